The third-order valence-corrected chi connectivity index (χ3v) is 2.92. The molecule has 1 saturated heterocycles. The number of carbonyl (C=O) groups excluding carboxylic acids is 3. The number of carbonyl (C=O) groups is 3. The van der Waals surface area contributed by atoms with E-state index in [1.807, 2.05) is 0 Å². The first-order valence-electron chi connectivity index (χ1n) is 5.92. The minimum atomic E-state index is -0.533. The fourth-order valence-electron chi connectivity index (χ4n) is 2.01. The average molecular weight is 256 g/mol. The monoisotopic (exact) mass is 256 g/mol. The van der Waals surface area contributed by atoms with Crippen LogP contribution in [0.5, 0.6) is 0 Å². The zero-order valence-electron chi connectivity index (χ0n) is 11.0. The molecule has 0 aliphatic carbocycles. The molecule has 1 aliphatic heterocycles. The van der Waals surface area contributed by atoms with E-state index in [4.69, 9.17) is 0 Å². The number of rotatable bonds is 3. The van der Waals surface area contributed by atoms with Crippen LogP contribution in [0.3, 0.4) is 0 Å². The smallest absolute Gasteiger partial charge is 0.321 e. The molecule has 1 fully saturated rings. The van der Waals surface area contributed by atoms with Gasteiger partial charge in [0.05, 0.1) is 12.6 Å². The topological polar surface area (TPSA) is 81.8 Å². The molecule has 2 N–H and O–H groups in total. The number of hydrogen-bond donors (Lipinski definition) is 2. The summed E-state index contributed by atoms with van der Waals surface area (Å²) in [6, 6.07) is -0.787. The number of hydrogen-bond acceptors (Lipinski definition) is 4. The molecule has 18 heavy (non-hydrogen) atoms. The maximum atomic E-state index is 11.9. The Labute approximate surface area is 106 Å². The van der Waals surface area contributed by atoms with Gasteiger partial charge in [-0.25, -0.2) is 4.79 Å². The van der Waals surface area contributed by atoms with Crippen molar-refractivity contribution in [3.05, 3.63) is 0 Å². The molecule has 0 spiro atoms. The van der Waals surface area contributed by atoms with Gasteiger partial charge in [-0.1, -0.05) is 0 Å². The van der Waals surface area contributed by atoms with E-state index in [-0.39, 0.29) is 18.5 Å². The molecular weight excluding hydrogens is 236 g/mol. The van der Waals surface area contributed by atoms with Gasteiger partial charge >= 0.3 is 6.03 Å². The van der Waals surface area contributed by atoms with E-state index in [0.717, 1.165) is 12.8 Å². The van der Waals surface area contributed by atoms with Crippen LogP contribution in [-0.2, 0) is 9.59 Å². The van der Waals surface area contributed by atoms with Gasteiger partial charge < -0.3 is 10.2 Å². The minimum Gasteiger partial charge on any atom is -0.347 e. The van der Waals surface area contributed by atoms with Crippen molar-refractivity contribution in [1.82, 2.24) is 20.4 Å². The number of likely N-dealkylation sites (N-methyl/N-ethyl adjacent to an activating group) is 1. The summed E-state index contributed by atoms with van der Waals surface area (Å²) in [5, 5.41) is 4.50. The third-order valence-electron chi connectivity index (χ3n) is 2.92. The standard InChI is InChI=1S/C11H20N4O3/c1-12-11(18)13-9(16)7-15-6-4-5-8(15)10(17)14(2)3/h8H,4-7H2,1-3H3,(H2,12,13,16,18)/t8-/m0/s1. The van der Waals surface area contributed by atoms with Crippen LogP contribution in [-0.4, -0.2) is 67.9 Å². The van der Waals surface area contributed by atoms with Crippen molar-refractivity contribution in [1.29, 1.82) is 0 Å². The molecule has 7 heteroatoms. The van der Waals surface area contributed by atoms with Gasteiger partial charge in [-0.15, -0.1) is 0 Å². The Kier molecular flexibility index (Phi) is 5.08. The van der Waals surface area contributed by atoms with Crippen LogP contribution in [0.15, 0.2) is 0 Å². The molecular formula is C11H20N4O3. The molecule has 7 nitrogen and oxygen atoms in total. The highest BCUT2D eigenvalue weighted by Gasteiger charge is 2.32. The van der Waals surface area contributed by atoms with E-state index < -0.39 is 11.9 Å². The molecule has 0 aromatic rings. The summed E-state index contributed by atoms with van der Waals surface area (Å²) in [5.41, 5.74) is 0. The molecule has 1 heterocycles. The summed E-state index contributed by atoms with van der Waals surface area (Å²) in [7, 11) is 4.84. The fourth-order valence-corrected chi connectivity index (χ4v) is 2.01. The Balaban J connectivity index is 2.52. The van der Waals surface area contributed by atoms with Crippen molar-refractivity contribution >= 4 is 17.8 Å². The Bertz CT molecular complexity index is 343. The summed E-state index contributed by atoms with van der Waals surface area (Å²) in [6.45, 7) is 0.767. The average Bonchev–Trinajstić information content (AvgIpc) is 2.75. The van der Waals surface area contributed by atoms with Crippen LogP contribution >= 0.6 is 0 Å². The van der Waals surface area contributed by atoms with Crippen LogP contribution in [0.2, 0.25) is 0 Å². The predicted molar refractivity (Wildman–Crippen MR) is 65.9 cm³/mol. The summed E-state index contributed by atoms with van der Waals surface area (Å²) in [5.74, 6) is -0.395. The predicted octanol–water partition coefficient (Wildman–Crippen LogP) is -1.01. The number of likely N-dealkylation sites (tertiary alicyclic amines) is 1. The molecule has 0 unspecified atom stereocenters. The molecule has 0 saturated carbocycles. The van der Waals surface area contributed by atoms with Gasteiger partial charge in [0.1, 0.15) is 0 Å². The Morgan fingerprint density at radius 2 is 2.00 bits per heavy atom. The van der Waals surface area contributed by atoms with Crippen molar-refractivity contribution in [3.8, 4) is 0 Å². The first-order valence-corrected chi connectivity index (χ1v) is 5.92. The van der Waals surface area contributed by atoms with Crippen LogP contribution in [0.1, 0.15) is 12.8 Å². The van der Waals surface area contributed by atoms with Gasteiger partial charge in [-0.05, 0) is 19.4 Å². The third kappa shape index (κ3) is 3.69. The van der Waals surface area contributed by atoms with Crippen LogP contribution in [0.25, 0.3) is 0 Å². The van der Waals surface area contributed by atoms with Crippen LogP contribution in [0, 0.1) is 0 Å². The normalized spacial score (nSPS) is 19.4. The maximum Gasteiger partial charge on any atom is 0.321 e. The summed E-state index contributed by atoms with van der Waals surface area (Å²) in [6.07, 6.45) is 1.64. The van der Waals surface area contributed by atoms with Crippen molar-refractivity contribution < 1.29 is 14.4 Å². The Morgan fingerprint density at radius 3 is 2.56 bits per heavy atom. The molecule has 1 aliphatic rings. The van der Waals surface area contributed by atoms with E-state index in [9.17, 15) is 14.4 Å². The summed E-state index contributed by atoms with van der Waals surface area (Å²) < 4.78 is 0. The van der Waals surface area contributed by atoms with E-state index in [0.29, 0.717) is 6.54 Å². The summed E-state index contributed by atoms with van der Waals surface area (Å²) in [4.78, 5) is 37.8. The minimum absolute atomic E-state index is 0.000225. The number of nitrogens with one attached hydrogen (secondary N) is 2. The molecule has 102 valence electrons. The summed E-state index contributed by atoms with van der Waals surface area (Å²) >= 11 is 0. The number of nitrogens with zero attached hydrogens (tertiary/aromatic N) is 2. The molecule has 0 aromatic heterocycles. The Morgan fingerprint density at radius 1 is 1.33 bits per heavy atom. The van der Waals surface area contributed by atoms with Gasteiger partial charge in [0.25, 0.3) is 0 Å². The zero-order chi connectivity index (χ0) is 13.7. The molecule has 1 rings (SSSR count). The number of amides is 4. The van der Waals surface area contributed by atoms with Crippen molar-refractivity contribution in [2.75, 3.05) is 34.2 Å². The lowest BCUT2D eigenvalue weighted by atomic mass is 10.2. The lowest BCUT2D eigenvalue weighted by Crippen LogP contribution is -2.48. The van der Waals surface area contributed by atoms with Crippen molar-refractivity contribution in [2.24, 2.45) is 0 Å². The maximum absolute atomic E-state index is 11.9. The highest BCUT2D eigenvalue weighted by Crippen LogP contribution is 2.18. The second-order valence-corrected chi connectivity index (χ2v) is 4.49. The van der Waals surface area contributed by atoms with E-state index in [1.54, 1.807) is 19.0 Å². The first kappa shape index (κ1) is 14.4. The molecule has 0 bridgehead atoms. The van der Waals surface area contributed by atoms with Gasteiger partial charge in [0, 0.05) is 21.1 Å². The van der Waals surface area contributed by atoms with Crippen molar-refractivity contribution in [2.45, 2.75) is 18.9 Å². The first-order chi connectivity index (χ1) is 8.45. The number of urea groups is 1. The van der Waals surface area contributed by atoms with E-state index in [1.165, 1.54) is 11.9 Å². The highest BCUT2D eigenvalue weighted by molar-refractivity contribution is 5.95. The second-order valence-electron chi connectivity index (χ2n) is 4.49. The second kappa shape index (κ2) is 6.34. The van der Waals surface area contributed by atoms with Crippen LogP contribution in [0.4, 0.5) is 4.79 Å². The molecule has 4 amide bonds. The SMILES string of the molecule is CNC(=O)NC(=O)CN1CCC[C@H]1C(=O)N(C)C. The zero-order valence-corrected chi connectivity index (χ0v) is 11.0. The van der Waals surface area contributed by atoms with E-state index >= 15 is 0 Å². The van der Waals surface area contributed by atoms with Crippen LogP contribution < -0.4 is 10.6 Å². The van der Waals surface area contributed by atoms with Crippen molar-refractivity contribution in [3.63, 3.8) is 0 Å². The lowest BCUT2D eigenvalue weighted by molar-refractivity contribution is -0.134. The largest absolute Gasteiger partial charge is 0.347 e. The molecule has 1 atom stereocenters. The van der Waals surface area contributed by atoms with E-state index in [2.05, 4.69) is 10.6 Å². The quantitative estimate of drug-likeness (QED) is 0.678. The molecule has 0 radical (unpaired) electrons. The van der Waals surface area contributed by atoms with Gasteiger partial charge in [0.15, 0.2) is 0 Å². The fraction of sp³-hybridized carbons (Fsp3) is 0.727. The number of imide groups is 1. The van der Waals surface area contributed by atoms with Gasteiger partial charge in [-0.3, -0.25) is 19.8 Å². The Hall–Kier alpha value is -1.63. The lowest BCUT2D eigenvalue weighted by Gasteiger charge is -2.25. The molecule has 0 aromatic carbocycles. The van der Waals surface area contributed by atoms with Gasteiger partial charge in [0.2, 0.25) is 11.8 Å². The van der Waals surface area contributed by atoms with Gasteiger partial charge in [-0.2, -0.15) is 0 Å². The highest BCUT2D eigenvalue weighted by atomic mass is 16.2.